The van der Waals surface area contributed by atoms with Crippen LogP contribution in [-0.4, -0.2) is 0 Å². The van der Waals surface area contributed by atoms with E-state index in [1.807, 2.05) is 25.1 Å². The molecule has 1 unspecified atom stereocenters. The summed E-state index contributed by atoms with van der Waals surface area (Å²) < 4.78 is 1.11. The number of halogens is 3. The molecule has 0 aliphatic heterocycles. The van der Waals surface area contributed by atoms with Gasteiger partial charge in [-0.2, -0.15) is 0 Å². The van der Waals surface area contributed by atoms with Gasteiger partial charge in [-0.1, -0.05) is 45.7 Å². The van der Waals surface area contributed by atoms with E-state index in [1.165, 1.54) is 11.1 Å². The van der Waals surface area contributed by atoms with Crippen LogP contribution in [0.3, 0.4) is 0 Å². The lowest BCUT2D eigenvalue weighted by atomic mass is 9.97. The maximum absolute atomic E-state index is 6.61. The third-order valence-corrected chi connectivity index (χ3v) is 5.06. The second kappa shape index (κ2) is 5.87. The van der Waals surface area contributed by atoms with E-state index in [4.69, 9.17) is 23.2 Å². The normalized spacial score (nSPS) is 12.5. The molecule has 0 radical (unpaired) electrons. The van der Waals surface area contributed by atoms with Crippen LogP contribution in [0.5, 0.6) is 0 Å². The van der Waals surface area contributed by atoms with Gasteiger partial charge in [-0.25, -0.2) is 0 Å². The molecule has 0 heterocycles. The summed E-state index contributed by atoms with van der Waals surface area (Å²) in [5, 5.41) is 0.583. The highest BCUT2D eigenvalue weighted by atomic mass is 79.9. The van der Waals surface area contributed by atoms with Crippen LogP contribution in [0.1, 0.15) is 33.2 Å². The molecule has 0 saturated heterocycles. The molecule has 0 fully saturated rings. The maximum atomic E-state index is 6.61. The van der Waals surface area contributed by atoms with Gasteiger partial charge in [0.15, 0.2) is 0 Å². The molecule has 2 aromatic carbocycles. The number of benzene rings is 2. The first-order valence-electron chi connectivity index (χ1n) is 6.07. The van der Waals surface area contributed by atoms with Crippen LogP contribution in [0.4, 0.5) is 0 Å². The van der Waals surface area contributed by atoms with Crippen LogP contribution in [-0.2, 0) is 0 Å². The lowest BCUT2D eigenvalue weighted by Gasteiger charge is -2.16. The van der Waals surface area contributed by atoms with E-state index in [9.17, 15) is 0 Å². The van der Waals surface area contributed by atoms with Crippen molar-refractivity contribution < 1.29 is 0 Å². The van der Waals surface area contributed by atoms with Crippen molar-refractivity contribution in [2.24, 2.45) is 0 Å². The van der Waals surface area contributed by atoms with Gasteiger partial charge in [0.05, 0.1) is 5.38 Å². The van der Waals surface area contributed by atoms with E-state index >= 15 is 0 Å². The molecule has 0 bridgehead atoms. The van der Waals surface area contributed by atoms with Gasteiger partial charge in [-0.3, -0.25) is 0 Å². The fraction of sp³-hybridized carbons (Fsp3) is 0.250. The second-order valence-electron chi connectivity index (χ2n) is 4.83. The highest BCUT2D eigenvalue weighted by Gasteiger charge is 2.15. The van der Waals surface area contributed by atoms with Crippen molar-refractivity contribution in [3.05, 3.63) is 67.6 Å². The Morgan fingerprint density at radius 3 is 2.26 bits per heavy atom. The topological polar surface area (TPSA) is 0 Å². The molecule has 2 rings (SSSR count). The summed E-state index contributed by atoms with van der Waals surface area (Å²) in [6.07, 6.45) is 0. The van der Waals surface area contributed by atoms with E-state index in [-0.39, 0.29) is 5.38 Å². The molecule has 0 nitrogen and oxygen atoms in total. The lowest BCUT2D eigenvalue weighted by molar-refractivity contribution is 1.10. The SMILES string of the molecule is Cc1ccc(C(Cl)c2cc(C)c(Br)cc2C)cc1Cl. The molecular formula is C16H15BrCl2. The molecule has 0 aliphatic carbocycles. The largest absolute Gasteiger partial charge is 0.113 e. The van der Waals surface area contributed by atoms with Gasteiger partial charge in [-0.05, 0) is 60.7 Å². The van der Waals surface area contributed by atoms with E-state index in [0.29, 0.717) is 0 Å². The quantitative estimate of drug-likeness (QED) is 0.549. The first kappa shape index (κ1) is 14.9. The molecule has 3 heteroatoms. The molecule has 0 spiro atoms. The van der Waals surface area contributed by atoms with E-state index in [0.717, 1.165) is 26.2 Å². The Bertz CT molecular complexity index is 620. The van der Waals surface area contributed by atoms with Crippen LogP contribution in [0.2, 0.25) is 5.02 Å². The Morgan fingerprint density at radius 2 is 1.63 bits per heavy atom. The Morgan fingerprint density at radius 1 is 0.947 bits per heavy atom. The Kier molecular flexibility index (Phi) is 4.60. The van der Waals surface area contributed by atoms with Gasteiger partial charge < -0.3 is 0 Å². The highest BCUT2D eigenvalue weighted by molar-refractivity contribution is 9.10. The van der Waals surface area contributed by atoms with Crippen molar-refractivity contribution in [1.29, 1.82) is 0 Å². The lowest BCUT2D eigenvalue weighted by Crippen LogP contribution is -1.98. The van der Waals surface area contributed by atoms with Crippen molar-refractivity contribution in [2.75, 3.05) is 0 Å². The number of hydrogen-bond donors (Lipinski definition) is 0. The summed E-state index contributed by atoms with van der Waals surface area (Å²) in [4.78, 5) is 0. The summed E-state index contributed by atoms with van der Waals surface area (Å²) in [6.45, 7) is 6.13. The summed E-state index contributed by atoms with van der Waals surface area (Å²) in [6, 6.07) is 10.2. The van der Waals surface area contributed by atoms with Gasteiger partial charge in [0.1, 0.15) is 0 Å². The van der Waals surface area contributed by atoms with Crippen LogP contribution in [0.15, 0.2) is 34.8 Å². The third-order valence-electron chi connectivity index (χ3n) is 3.31. The highest BCUT2D eigenvalue weighted by Crippen LogP contribution is 2.35. The Hall–Kier alpha value is -0.500. The Balaban J connectivity index is 2.46. The predicted molar refractivity (Wildman–Crippen MR) is 87.5 cm³/mol. The van der Waals surface area contributed by atoms with Crippen LogP contribution in [0, 0.1) is 20.8 Å². The van der Waals surface area contributed by atoms with Gasteiger partial charge >= 0.3 is 0 Å². The van der Waals surface area contributed by atoms with Gasteiger partial charge in [-0.15, -0.1) is 11.6 Å². The standard InChI is InChI=1S/C16H15BrCl2/c1-9-4-5-12(8-15(9)18)16(19)13-6-11(3)14(17)7-10(13)2/h4-8,16H,1-3H3. The summed E-state index contributed by atoms with van der Waals surface area (Å²) in [7, 11) is 0. The number of aryl methyl sites for hydroxylation is 3. The molecule has 1 atom stereocenters. The van der Waals surface area contributed by atoms with Gasteiger partial charge in [0, 0.05) is 9.50 Å². The molecular weight excluding hydrogens is 343 g/mol. The van der Waals surface area contributed by atoms with E-state index < -0.39 is 0 Å². The molecule has 2 aromatic rings. The van der Waals surface area contributed by atoms with E-state index in [2.05, 4.69) is 41.9 Å². The minimum atomic E-state index is -0.176. The fourth-order valence-corrected chi connectivity index (χ4v) is 3.04. The molecule has 0 saturated carbocycles. The van der Waals surface area contributed by atoms with Crippen molar-refractivity contribution >= 4 is 39.1 Å². The Labute approximate surface area is 132 Å². The fourth-order valence-electron chi connectivity index (χ4n) is 2.02. The zero-order valence-corrected chi connectivity index (χ0v) is 14.2. The van der Waals surface area contributed by atoms with Crippen molar-refractivity contribution in [2.45, 2.75) is 26.1 Å². The van der Waals surface area contributed by atoms with Crippen molar-refractivity contribution in [1.82, 2.24) is 0 Å². The monoisotopic (exact) mass is 356 g/mol. The minimum absolute atomic E-state index is 0.176. The number of rotatable bonds is 2. The first-order chi connectivity index (χ1) is 8.90. The second-order valence-corrected chi connectivity index (χ2v) is 6.53. The molecule has 19 heavy (non-hydrogen) atoms. The van der Waals surface area contributed by atoms with E-state index in [1.54, 1.807) is 0 Å². The summed E-state index contributed by atoms with van der Waals surface area (Å²) in [5.74, 6) is 0. The minimum Gasteiger partial charge on any atom is -0.113 e. The maximum Gasteiger partial charge on any atom is 0.0838 e. The molecule has 0 amide bonds. The van der Waals surface area contributed by atoms with Crippen molar-refractivity contribution in [3.63, 3.8) is 0 Å². The average Bonchev–Trinajstić information content (AvgIpc) is 2.36. The molecule has 100 valence electrons. The number of alkyl halides is 1. The zero-order valence-electron chi connectivity index (χ0n) is 11.1. The molecule has 0 aromatic heterocycles. The van der Waals surface area contributed by atoms with Gasteiger partial charge in [0.2, 0.25) is 0 Å². The van der Waals surface area contributed by atoms with Crippen LogP contribution < -0.4 is 0 Å². The van der Waals surface area contributed by atoms with Crippen molar-refractivity contribution in [3.8, 4) is 0 Å². The summed E-state index contributed by atoms with van der Waals surface area (Å²) in [5.41, 5.74) is 5.58. The average molecular weight is 358 g/mol. The number of hydrogen-bond acceptors (Lipinski definition) is 0. The summed E-state index contributed by atoms with van der Waals surface area (Å²) >= 11 is 16.3. The van der Waals surface area contributed by atoms with Gasteiger partial charge in [0.25, 0.3) is 0 Å². The molecule has 0 aliphatic rings. The smallest absolute Gasteiger partial charge is 0.0838 e. The molecule has 0 N–H and O–H groups in total. The van der Waals surface area contributed by atoms with Crippen LogP contribution >= 0.6 is 39.1 Å². The van der Waals surface area contributed by atoms with Crippen LogP contribution in [0.25, 0.3) is 0 Å². The third kappa shape index (κ3) is 3.16. The zero-order chi connectivity index (χ0) is 14.2. The first-order valence-corrected chi connectivity index (χ1v) is 7.67. The predicted octanol–water partition coefficient (Wildman–Crippen LogP) is 6.36.